The average molecular weight is 615 g/mol. The van der Waals surface area contributed by atoms with Crippen LogP contribution in [-0.4, -0.2) is 50.2 Å². The molecule has 8 aliphatic rings. The standard InChI is InChI=1S/C40H46N4O2/c1-36(2)24-14-22-26(42-36)16-27-33(38(22,5)18-31(24)45)21-11-9-13-29(34(21)41-27)43-28-12-8-7-10-20(28)35-40(43)17-30-23-15-25(37(3,4)44(30)35)32(46)19-39(23,40)6/h7-13,22-26,30,35,41-42H,14-19H2,1-6H3. The number of hydrogen-bond acceptors (Lipinski definition) is 5. The van der Waals surface area contributed by atoms with E-state index in [9.17, 15) is 9.59 Å². The number of aromatic amines is 1. The molecule has 10 unspecified atom stereocenters. The van der Waals surface area contributed by atoms with E-state index in [1.165, 1.54) is 39.1 Å². The predicted molar refractivity (Wildman–Crippen MR) is 179 cm³/mol. The van der Waals surface area contributed by atoms with Crippen LogP contribution in [-0.2, 0) is 21.4 Å². The number of H-pyrrole nitrogens is 1. The Bertz CT molecular complexity index is 1960. The number of Topliss-reactive ketones (excluding diaryl/α,β-unsaturated/α-hetero) is 2. The Morgan fingerprint density at radius 3 is 2.39 bits per heavy atom. The smallest absolute Gasteiger partial charge is 0.138 e. The molecule has 0 radical (unpaired) electrons. The summed E-state index contributed by atoms with van der Waals surface area (Å²) < 4.78 is 0. The summed E-state index contributed by atoms with van der Waals surface area (Å²) in [6.45, 7) is 14.1. The highest BCUT2D eigenvalue weighted by atomic mass is 16.1. The highest BCUT2D eigenvalue weighted by molar-refractivity contribution is 6.00. The number of rotatable bonds is 1. The Balaban J connectivity index is 1.16. The van der Waals surface area contributed by atoms with Crippen molar-refractivity contribution in [1.82, 2.24) is 15.2 Å². The summed E-state index contributed by atoms with van der Waals surface area (Å²) in [7, 11) is 0. The number of nitrogens with zero attached hydrogens (tertiary/aromatic N) is 2. The van der Waals surface area contributed by atoms with Gasteiger partial charge in [0.25, 0.3) is 0 Å². The molecule has 4 aliphatic heterocycles. The molecule has 3 saturated carbocycles. The maximum absolute atomic E-state index is 14.0. The van der Waals surface area contributed by atoms with Crippen molar-refractivity contribution in [1.29, 1.82) is 0 Å². The molecule has 3 aromatic rings. The van der Waals surface area contributed by atoms with E-state index in [2.05, 4.69) is 104 Å². The molecule has 5 heterocycles. The molecular formula is C40H46N4O2. The third-order valence-electron chi connectivity index (χ3n) is 16.0. The van der Waals surface area contributed by atoms with Gasteiger partial charge in [0.2, 0.25) is 0 Å². The molecule has 2 aromatic carbocycles. The van der Waals surface area contributed by atoms with E-state index in [1.807, 2.05) is 0 Å². The van der Waals surface area contributed by atoms with Crippen LogP contribution in [0.3, 0.4) is 0 Å². The van der Waals surface area contributed by atoms with Crippen molar-refractivity contribution in [3.05, 3.63) is 59.3 Å². The Kier molecular flexibility index (Phi) is 4.51. The normalized spacial score (nSPS) is 44.9. The molecule has 0 amide bonds. The zero-order chi connectivity index (χ0) is 31.5. The summed E-state index contributed by atoms with van der Waals surface area (Å²) in [5.41, 5.74) is 7.08. The quantitative estimate of drug-likeness (QED) is 0.318. The fourth-order valence-corrected chi connectivity index (χ4v) is 14.3. The van der Waals surface area contributed by atoms with E-state index >= 15 is 0 Å². The molecule has 2 N–H and O–H groups in total. The van der Waals surface area contributed by atoms with Crippen molar-refractivity contribution in [2.24, 2.45) is 29.1 Å². The van der Waals surface area contributed by atoms with E-state index in [4.69, 9.17) is 0 Å². The number of para-hydroxylation sites is 2. The van der Waals surface area contributed by atoms with Crippen LogP contribution >= 0.6 is 0 Å². The first-order chi connectivity index (χ1) is 21.8. The molecule has 3 saturated heterocycles. The third kappa shape index (κ3) is 2.60. The topological polar surface area (TPSA) is 68.4 Å². The number of carbonyl (C=O) groups excluding carboxylic acids is 2. The monoisotopic (exact) mass is 614 g/mol. The van der Waals surface area contributed by atoms with Gasteiger partial charge in [-0.05, 0) is 82.1 Å². The summed E-state index contributed by atoms with van der Waals surface area (Å²) >= 11 is 0. The van der Waals surface area contributed by atoms with Crippen LogP contribution in [0.5, 0.6) is 0 Å². The first-order valence-corrected chi connectivity index (χ1v) is 18.0. The molecule has 46 heavy (non-hydrogen) atoms. The van der Waals surface area contributed by atoms with Crippen molar-refractivity contribution in [2.75, 3.05) is 4.90 Å². The van der Waals surface area contributed by atoms with Gasteiger partial charge in [-0.3, -0.25) is 14.5 Å². The summed E-state index contributed by atoms with van der Waals surface area (Å²) in [6.07, 6.45) is 5.39. The lowest BCUT2D eigenvalue weighted by Gasteiger charge is -2.66. The van der Waals surface area contributed by atoms with Crippen molar-refractivity contribution < 1.29 is 9.59 Å². The minimum atomic E-state index is -0.193. The number of hydrogen-bond donors (Lipinski definition) is 2. The molecular weight excluding hydrogens is 568 g/mol. The first kappa shape index (κ1) is 27.0. The van der Waals surface area contributed by atoms with Crippen LogP contribution in [0, 0.1) is 29.1 Å². The number of benzene rings is 2. The largest absolute Gasteiger partial charge is 0.356 e. The minimum absolute atomic E-state index is 0.0937. The molecule has 1 spiro atoms. The molecule has 4 aliphatic carbocycles. The van der Waals surface area contributed by atoms with Crippen LogP contribution in [0.15, 0.2) is 42.5 Å². The van der Waals surface area contributed by atoms with Crippen LogP contribution in [0.4, 0.5) is 11.4 Å². The number of fused-ring (bicyclic) bond motifs is 9. The first-order valence-electron chi connectivity index (χ1n) is 18.0. The Morgan fingerprint density at radius 2 is 1.57 bits per heavy atom. The van der Waals surface area contributed by atoms with Crippen LogP contribution in [0.25, 0.3) is 10.9 Å². The van der Waals surface area contributed by atoms with E-state index in [0.717, 1.165) is 25.7 Å². The molecule has 6 heteroatoms. The third-order valence-corrected chi connectivity index (χ3v) is 16.0. The van der Waals surface area contributed by atoms with Crippen LogP contribution in [0.1, 0.15) is 96.5 Å². The van der Waals surface area contributed by atoms with Gasteiger partial charge in [-0.25, -0.2) is 0 Å². The highest BCUT2D eigenvalue weighted by Gasteiger charge is 2.82. The van der Waals surface area contributed by atoms with Gasteiger partial charge in [0.15, 0.2) is 0 Å². The van der Waals surface area contributed by atoms with E-state index in [1.54, 1.807) is 0 Å². The second-order valence-electron chi connectivity index (χ2n) is 18.3. The van der Waals surface area contributed by atoms with Gasteiger partial charge >= 0.3 is 0 Å². The van der Waals surface area contributed by atoms with Gasteiger partial charge in [-0.2, -0.15) is 0 Å². The zero-order valence-corrected chi connectivity index (χ0v) is 28.0. The van der Waals surface area contributed by atoms with E-state index in [0.29, 0.717) is 48.3 Å². The van der Waals surface area contributed by atoms with Gasteiger partial charge in [0.05, 0.1) is 22.8 Å². The number of nitrogens with one attached hydrogen (secondary N) is 2. The van der Waals surface area contributed by atoms with Crippen LogP contribution < -0.4 is 10.2 Å². The molecule has 238 valence electrons. The van der Waals surface area contributed by atoms with Crippen molar-refractivity contribution in [3.63, 3.8) is 0 Å². The summed E-state index contributed by atoms with van der Waals surface area (Å²) in [6, 6.07) is 17.2. The molecule has 6 nitrogen and oxygen atoms in total. The van der Waals surface area contributed by atoms with Gasteiger partial charge < -0.3 is 15.2 Å². The lowest BCUT2D eigenvalue weighted by atomic mass is 9.50. The maximum Gasteiger partial charge on any atom is 0.138 e. The second-order valence-corrected chi connectivity index (χ2v) is 18.3. The maximum atomic E-state index is 14.0. The number of aromatic nitrogens is 1. The number of ketones is 2. The Hall–Kier alpha value is -2.96. The van der Waals surface area contributed by atoms with Crippen LogP contribution in [0.2, 0.25) is 0 Å². The lowest BCUT2D eigenvalue weighted by Crippen LogP contribution is -2.73. The van der Waals surface area contributed by atoms with Crippen molar-refractivity contribution >= 4 is 33.8 Å². The van der Waals surface area contributed by atoms with Gasteiger partial charge in [-0.1, -0.05) is 44.2 Å². The van der Waals surface area contributed by atoms with E-state index < -0.39 is 0 Å². The second kappa shape index (κ2) is 7.68. The van der Waals surface area contributed by atoms with Crippen molar-refractivity contribution in [2.45, 2.75) is 120 Å². The number of anilines is 2. The molecule has 6 fully saturated rings. The van der Waals surface area contributed by atoms with Gasteiger partial charge in [-0.15, -0.1) is 0 Å². The van der Waals surface area contributed by atoms with Gasteiger partial charge in [0, 0.05) is 81.9 Å². The summed E-state index contributed by atoms with van der Waals surface area (Å²) in [5, 5.41) is 5.26. The molecule has 10 atom stereocenters. The summed E-state index contributed by atoms with van der Waals surface area (Å²) in [4.78, 5) is 37.5. The number of carbonyl (C=O) groups is 2. The van der Waals surface area contributed by atoms with Gasteiger partial charge in [0.1, 0.15) is 11.6 Å². The molecule has 11 rings (SSSR count). The zero-order valence-electron chi connectivity index (χ0n) is 28.0. The Morgan fingerprint density at radius 1 is 0.826 bits per heavy atom. The highest BCUT2D eigenvalue weighted by Crippen LogP contribution is 2.79. The molecule has 6 bridgehead atoms. The SMILES string of the molecule is CC1(C)NC2Cc3[nH]c4c(N5c6ccccc6C6N7C8CC65C5(C)CC(=O)C(CC85)C7(C)C)cccc4c3C3(C)CC(=O)C1CC23. The molecule has 1 aromatic heterocycles. The predicted octanol–water partition coefficient (Wildman–Crippen LogP) is 6.74. The summed E-state index contributed by atoms with van der Waals surface area (Å²) in [5.74, 6) is 2.10. The van der Waals surface area contributed by atoms with E-state index in [-0.39, 0.29) is 45.3 Å². The fourth-order valence-electron chi connectivity index (χ4n) is 14.3. The Labute approximate surface area is 271 Å². The lowest BCUT2D eigenvalue weighted by molar-refractivity contribution is -0.176. The fraction of sp³-hybridized carbons (Fsp3) is 0.600. The van der Waals surface area contributed by atoms with Crippen molar-refractivity contribution in [3.8, 4) is 0 Å². The number of piperidine rings is 3. The average Bonchev–Trinajstić information content (AvgIpc) is 3.69. The minimum Gasteiger partial charge on any atom is -0.356 e.